The van der Waals surface area contributed by atoms with E-state index in [9.17, 15) is 4.79 Å². The number of hydrogen-bond acceptors (Lipinski definition) is 1. The number of hydrogen-bond donors (Lipinski definition) is 0. The van der Waals surface area contributed by atoms with Crippen LogP contribution < -0.4 is 0 Å². The first-order chi connectivity index (χ1) is 5.68. The fourth-order valence-corrected chi connectivity index (χ4v) is 2.81. The summed E-state index contributed by atoms with van der Waals surface area (Å²) < 4.78 is 0. The quantitative estimate of drug-likeness (QED) is 0.571. The van der Waals surface area contributed by atoms with Crippen molar-refractivity contribution in [2.45, 2.75) is 26.7 Å². The molecule has 12 heavy (non-hydrogen) atoms. The lowest BCUT2D eigenvalue weighted by Gasteiger charge is -2.11. The van der Waals surface area contributed by atoms with Gasteiger partial charge in [0.1, 0.15) is 0 Å². The zero-order valence-electron chi connectivity index (χ0n) is 7.92. The Hall–Kier alpha value is -0.530. The Morgan fingerprint density at radius 1 is 1.58 bits per heavy atom. The predicted octanol–water partition coefficient (Wildman–Crippen LogP) is 1.51. The van der Waals surface area contributed by atoms with Crippen molar-refractivity contribution in [3.8, 4) is 0 Å². The van der Waals surface area contributed by atoms with Crippen molar-refractivity contribution in [2.75, 3.05) is 13.1 Å². The van der Waals surface area contributed by atoms with Gasteiger partial charge in [0.15, 0.2) is 0 Å². The number of likely N-dealkylation sites (tertiary alicyclic amines) is 1. The maximum absolute atomic E-state index is 10.5. The van der Waals surface area contributed by atoms with Gasteiger partial charge < -0.3 is 4.90 Å². The highest BCUT2D eigenvalue weighted by atomic mass is 16.1. The average molecular weight is 167 g/mol. The van der Waals surface area contributed by atoms with Crippen molar-refractivity contribution in [3.05, 3.63) is 0 Å². The zero-order valence-corrected chi connectivity index (χ0v) is 7.92. The molecule has 2 fully saturated rings. The Balaban J connectivity index is 1.96. The van der Waals surface area contributed by atoms with E-state index in [1.54, 1.807) is 0 Å². The van der Waals surface area contributed by atoms with Crippen molar-refractivity contribution in [3.63, 3.8) is 0 Å². The van der Waals surface area contributed by atoms with Gasteiger partial charge in [-0.1, -0.05) is 13.8 Å². The molecule has 0 radical (unpaired) electrons. The van der Waals surface area contributed by atoms with E-state index in [1.165, 1.54) is 12.8 Å². The minimum absolute atomic E-state index is 0.551. The first-order valence-corrected chi connectivity index (χ1v) is 4.87. The largest absolute Gasteiger partial charge is 0.345 e. The average Bonchev–Trinajstić information content (AvgIpc) is 2.55. The summed E-state index contributed by atoms with van der Waals surface area (Å²) in [4.78, 5) is 12.5. The van der Waals surface area contributed by atoms with Crippen LogP contribution in [0.1, 0.15) is 26.7 Å². The smallest absolute Gasteiger partial charge is 0.209 e. The van der Waals surface area contributed by atoms with Crippen molar-refractivity contribution >= 4 is 6.41 Å². The molecule has 1 spiro atoms. The molecule has 2 unspecified atom stereocenters. The summed E-state index contributed by atoms with van der Waals surface area (Å²) >= 11 is 0. The molecule has 2 atom stereocenters. The van der Waals surface area contributed by atoms with E-state index in [2.05, 4.69) is 13.8 Å². The van der Waals surface area contributed by atoms with E-state index < -0.39 is 0 Å². The molecule has 1 heterocycles. The predicted molar refractivity (Wildman–Crippen MR) is 47.6 cm³/mol. The summed E-state index contributed by atoms with van der Waals surface area (Å²) in [6, 6.07) is 0. The summed E-state index contributed by atoms with van der Waals surface area (Å²) in [6.07, 6.45) is 3.61. The van der Waals surface area contributed by atoms with Crippen LogP contribution in [0.15, 0.2) is 0 Å². The molecule has 1 amide bonds. The lowest BCUT2D eigenvalue weighted by atomic mass is 9.96. The first kappa shape index (κ1) is 8.09. The number of nitrogens with zero attached hydrogens (tertiary/aromatic N) is 1. The molecule has 1 aliphatic heterocycles. The molecule has 2 aliphatic rings. The van der Waals surface area contributed by atoms with Crippen LogP contribution in [0.25, 0.3) is 0 Å². The fourth-order valence-electron chi connectivity index (χ4n) is 2.81. The Morgan fingerprint density at radius 3 is 2.75 bits per heavy atom. The highest BCUT2D eigenvalue weighted by Gasteiger charge is 2.57. The van der Waals surface area contributed by atoms with Gasteiger partial charge in [0.2, 0.25) is 6.41 Å². The second-order valence-electron chi connectivity index (χ2n) is 4.74. The molecule has 2 nitrogen and oxygen atoms in total. The Kier molecular flexibility index (Phi) is 1.67. The summed E-state index contributed by atoms with van der Waals surface area (Å²) in [5.74, 6) is 1.69. The number of amides is 1. The van der Waals surface area contributed by atoms with E-state index in [1.807, 2.05) is 4.90 Å². The molecule has 0 aromatic heterocycles. The maximum Gasteiger partial charge on any atom is 0.209 e. The molecule has 1 aliphatic carbocycles. The van der Waals surface area contributed by atoms with Gasteiger partial charge in [-0.05, 0) is 30.1 Å². The van der Waals surface area contributed by atoms with Crippen LogP contribution in [-0.2, 0) is 4.79 Å². The molecule has 0 bridgehead atoms. The van der Waals surface area contributed by atoms with Crippen molar-refractivity contribution in [2.24, 2.45) is 17.3 Å². The van der Waals surface area contributed by atoms with E-state index in [0.29, 0.717) is 5.41 Å². The maximum atomic E-state index is 10.5. The topological polar surface area (TPSA) is 20.3 Å². The van der Waals surface area contributed by atoms with Gasteiger partial charge in [-0.15, -0.1) is 0 Å². The SMILES string of the molecule is CC(C)C1CC12CCN(C=O)C2. The number of rotatable bonds is 2. The van der Waals surface area contributed by atoms with Gasteiger partial charge in [0.25, 0.3) is 0 Å². The molecule has 0 aromatic rings. The minimum atomic E-state index is 0.551. The van der Waals surface area contributed by atoms with Gasteiger partial charge in [0, 0.05) is 13.1 Å². The molecule has 0 aromatic carbocycles. The summed E-state index contributed by atoms with van der Waals surface area (Å²) in [6.45, 7) is 6.61. The number of carbonyl (C=O) groups excluding carboxylic acids is 1. The van der Waals surface area contributed by atoms with Crippen molar-refractivity contribution in [1.29, 1.82) is 0 Å². The van der Waals surface area contributed by atoms with Crippen LogP contribution >= 0.6 is 0 Å². The van der Waals surface area contributed by atoms with Crippen molar-refractivity contribution < 1.29 is 4.79 Å². The van der Waals surface area contributed by atoms with Gasteiger partial charge in [-0.25, -0.2) is 0 Å². The normalized spacial score (nSPS) is 39.6. The summed E-state index contributed by atoms with van der Waals surface area (Å²) in [5, 5.41) is 0. The molecule has 2 rings (SSSR count). The highest BCUT2D eigenvalue weighted by molar-refractivity contribution is 5.48. The molecule has 0 N–H and O–H groups in total. The third kappa shape index (κ3) is 1.05. The lowest BCUT2D eigenvalue weighted by molar-refractivity contribution is -0.117. The van der Waals surface area contributed by atoms with Crippen molar-refractivity contribution in [1.82, 2.24) is 4.90 Å². The van der Waals surface area contributed by atoms with Gasteiger partial charge in [-0.2, -0.15) is 0 Å². The summed E-state index contributed by atoms with van der Waals surface area (Å²) in [5.41, 5.74) is 0.551. The molecule has 1 saturated carbocycles. The van der Waals surface area contributed by atoms with Crippen LogP contribution in [0.5, 0.6) is 0 Å². The minimum Gasteiger partial charge on any atom is -0.345 e. The van der Waals surface area contributed by atoms with Crippen LogP contribution in [0, 0.1) is 17.3 Å². The Bertz CT molecular complexity index is 202. The second kappa shape index (κ2) is 2.48. The Morgan fingerprint density at radius 2 is 2.33 bits per heavy atom. The fraction of sp³-hybridized carbons (Fsp3) is 0.900. The van der Waals surface area contributed by atoms with Crippen LogP contribution in [-0.4, -0.2) is 24.4 Å². The molecular weight excluding hydrogens is 150 g/mol. The number of carbonyl (C=O) groups is 1. The van der Waals surface area contributed by atoms with Crippen LogP contribution in [0.3, 0.4) is 0 Å². The zero-order chi connectivity index (χ0) is 8.77. The van der Waals surface area contributed by atoms with Gasteiger partial charge >= 0.3 is 0 Å². The molecule has 1 saturated heterocycles. The van der Waals surface area contributed by atoms with Gasteiger partial charge in [0.05, 0.1) is 0 Å². The van der Waals surface area contributed by atoms with Crippen LogP contribution in [0.2, 0.25) is 0 Å². The molecule has 68 valence electrons. The van der Waals surface area contributed by atoms with E-state index >= 15 is 0 Å². The Labute approximate surface area is 73.9 Å². The lowest BCUT2D eigenvalue weighted by Crippen LogP contribution is -2.19. The standard InChI is InChI=1S/C10H17NO/c1-8(2)9-5-10(9)3-4-11(6-10)7-12/h7-9H,3-6H2,1-2H3. The highest BCUT2D eigenvalue weighted by Crippen LogP contribution is 2.61. The van der Waals surface area contributed by atoms with E-state index in [-0.39, 0.29) is 0 Å². The van der Waals surface area contributed by atoms with E-state index in [4.69, 9.17) is 0 Å². The second-order valence-corrected chi connectivity index (χ2v) is 4.74. The molecule has 2 heteroatoms. The third-order valence-corrected chi connectivity index (χ3v) is 3.62. The van der Waals surface area contributed by atoms with E-state index in [0.717, 1.165) is 31.3 Å². The third-order valence-electron chi connectivity index (χ3n) is 3.62. The van der Waals surface area contributed by atoms with Gasteiger partial charge in [-0.3, -0.25) is 4.79 Å². The summed E-state index contributed by atoms with van der Waals surface area (Å²) in [7, 11) is 0. The molecular formula is C10H17NO. The van der Waals surface area contributed by atoms with Crippen LogP contribution in [0.4, 0.5) is 0 Å². The first-order valence-electron chi connectivity index (χ1n) is 4.87. The monoisotopic (exact) mass is 167 g/mol.